The minimum atomic E-state index is -0.437. The molecule has 0 saturated carbocycles. The molecule has 0 amide bonds. The van der Waals surface area contributed by atoms with Crippen LogP contribution in [0.15, 0.2) is 47.3 Å². The summed E-state index contributed by atoms with van der Waals surface area (Å²) in [4.78, 5) is 24.1. The van der Waals surface area contributed by atoms with Gasteiger partial charge in [-0.05, 0) is 49.2 Å². The van der Waals surface area contributed by atoms with Gasteiger partial charge in [-0.25, -0.2) is 0 Å². The number of carbonyl (C=O) groups is 1. The maximum Gasteiger partial charge on any atom is 0.307 e. The lowest BCUT2D eigenvalue weighted by molar-refractivity contribution is -0.148. The molecule has 27 heavy (non-hydrogen) atoms. The van der Waals surface area contributed by atoms with Crippen molar-refractivity contribution in [1.29, 1.82) is 0 Å². The smallest absolute Gasteiger partial charge is 0.307 e. The summed E-state index contributed by atoms with van der Waals surface area (Å²) >= 11 is 5.90. The first-order chi connectivity index (χ1) is 13.0. The molecule has 0 radical (unpaired) electrons. The average Bonchev–Trinajstić information content (AvgIpc) is 2.66. The minimum Gasteiger partial charge on any atom is -0.493 e. The van der Waals surface area contributed by atoms with Crippen molar-refractivity contribution in [2.45, 2.75) is 26.5 Å². The molecule has 0 fully saturated rings. The molecule has 140 valence electrons. The number of aryl methyl sites for hydroxylation is 1. The summed E-state index contributed by atoms with van der Waals surface area (Å²) < 4.78 is 11.7. The molecule has 2 aromatic carbocycles. The van der Waals surface area contributed by atoms with E-state index in [-0.39, 0.29) is 18.7 Å². The predicted octanol–water partition coefficient (Wildman–Crippen LogP) is 3.11. The number of esters is 1. The largest absolute Gasteiger partial charge is 0.493 e. The highest BCUT2D eigenvalue weighted by Crippen LogP contribution is 2.21. The zero-order chi connectivity index (χ0) is 19.2. The molecule has 7 nitrogen and oxygen atoms in total. The van der Waals surface area contributed by atoms with Crippen LogP contribution in [0.2, 0.25) is 5.02 Å². The van der Waals surface area contributed by atoms with Gasteiger partial charge in [0.1, 0.15) is 11.3 Å². The van der Waals surface area contributed by atoms with E-state index in [1.54, 1.807) is 36.4 Å². The Morgan fingerprint density at radius 2 is 2.04 bits per heavy atom. The topological polar surface area (TPSA) is 83.3 Å². The average molecular weight is 388 g/mol. The molecule has 3 aromatic rings. The van der Waals surface area contributed by atoms with Gasteiger partial charge in [-0.1, -0.05) is 28.9 Å². The maximum absolute atomic E-state index is 12.3. The number of halogens is 1. The number of hydrogen-bond acceptors (Lipinski definition) is 6. The molecule has 0 atom stereocenters. The molecule has 0 aliphatic rings. The first kappa shape index (κ1) is 18.8. The molecule has 8 heteroatoms. The van der Waals surface area contributed by atoms with Crippen molar-refractivity contribution < 1.29 is 14.3 Å². The van der Waals surface area contributed by atoms with Gasteiger partial charge in [-0.15, -0.1) is 5.10 Å². The van der Waals surface area contributed by atoms with Crippen LogP contribution in [-0.4, -0.2) is 27.6 Å². The first-order valence-electron chi connectivity index (χ1n) is 8.42. The van der Waals surface area contributed by atoms with E-state index in [0.29, 0.717) is 29.0 Å². The van der Waals surface area contributed by atoms with Gasteiger partial charge < -0.3 is 9.47 Å². The summed E-state index contributed by atoms with van der Waals surface area (Å²) in [5, 5.41) is 8.78. The third-order valence-corrected chi connectivity index (χ3v) is 4.13. The second-order valence-electron chi connectivity index (χ2n) is 5.92. The standard InChI is InChI=1S/C19H18ClN3O4/c1-13-11-14(20)8-9-17(13)26-10-4-7-18(24)27-12-23-19(25)15-5-2-3-6-16(15)21-22-23/h2-3,5-6,8-9,11H,4,7,10,12H2,1H3. The van der Waals surface area contributed by atoms with E-state index in [9.17, 15) is 9.59 Å². The number of aromatic nitrogens is 3. The van der Waals surface area contributed by atoms with Crippen molar-refractivity contribution in [2.24, 2.45) is 0 Å². The van der Waals surface area contributed by atoms with Gasteiger partial charge in [0.15, 0.2) is 6.73 Å². The number of ether oxygens (including phenoxy) is 2. The fourth-order valence-corrected chi connectivity index (χ4v) is 2.71. The number of rotatable bonds is 7. The van der Waals surface area contributed by atoms with Crippen LogP contribution in [0.3, 0.4) is 0 Å². The number of hydrogen-bond donors (Lipinski definition) is 0. The van der Waals surface area contributed by atoms with Crippen LogP contribution in [0.1, 0.15) is 18.4 Å². The molecular weight excluding hydrogens is 370 g/mol. The van der Waals surface area contributed by atoms with Gasteiger partial charge in [-0.3, -0.25) is 9.59 Å². The first-order valence-corrected chi connectivity index (χ1v) is 8.79. The second kappa shape index (κ2) is 8.64. The lowest BCUT2D eigenvalue weighted by Gasteiger charge is -2.09. The zero-order valence-corrected chi connectivity index (χ0v) is 15.5. The van der Waals surface area contributed by atoms with Gasteiger partial charge in [0.2, 0.25) is 0 Å². The zero-order valence-electron chi connectivity index (χ0n) is 14.7. The van der Waals surface area contributed by atoms with Crippen molar-refractivity contribution in [1.82, 2.24) is 15.0 Å². The summed E-state index contributed by atoms with van der Waals surface area (Å²) in [7, 11) is 0. The Morgan fingerprint density at radius 1 is 1.22 bits per heavy atom. The summed E-state index contributed by atoms with van der Waals surface area (Å²) in [6, 6.07) is 12.2. The van der Waals surface area contributed by atoms with Gasteiger partial charge in [0, 0.05) is 11.4 Å². The molecular formula is C19H18ClN3O4. The van der Waals surface area contributed by atoms with Crippen LogP contribution < -0.4 is 10.3 Å². The van der Waals surface area contributed by atoms with E-state index in [4.69, 9.17) is 21.1 Å². The maximum atomic E-state index is 12.3. The Hall–Kier alpha value is -2.93. The van der Waals surface area contributed by atoms with E-state index in [1.165, 1.54) is 0 Å². The predicted molar refractivity (Wildman–Crippen MR) is 101 cm³/mol. The summed E-state index contributed by atoms with van der Waals surface area (Å²) in [6.07, 6.45) is 0.654. The Bertz CT molecular complexity index is 1020. The normalized spacial score (nSPS) is 10.7. The van der Waals surface area contributed by atoms with Crippen molar-refractivity contribution in [3.63, 3.8) is 0 Å². The van der Waals surface area contributed by atoms with Crippen LogP contribution >= 0.6 is 11.6 Å². The van der Waals surface area contributed by atoms with E-state index in [0.717, 1.165) is 16.0 Å². The fourth-order valence-electron chi connectivity index (χ4n) is 2.49. The molecule has 0 unspecified atom stereocenters. The van der Waals surface area contributed by atoms with Gasteiger partial charge in [0.05, 0.1) is 12.0 Å². The van der Waals surface area contributed by atoms with E-state index < -0.39 is 5.97 Å². The van der Waals surface area contributed by atoms with E-state index in [2.05, 4.69) is 10.3 Å². The molecule has 0 spiro atoms. The second-order valence-corrected chi connectivity index (χ2v) is 6.35. The van der Waals surface area contributed by atoms with Crippen LogP contribution in [0.4, 0.5) is 0 Å². The molecule has 3 rings (SSSR count). The highest BCUT2D eigenvalue weighted by Gasteiger charge is 2.08. The number of nitrogens with zero attached hydrogens (tertiary/aromatic N) is 3. The third-order valence-electron chi connectivity index (χ3n) is 3.90. The van der Waals surface area contributed by atoms with Crippen molar-refractivity contribution in [2.75, 3.05) is 6.61 Å². The Balaban J connectivity index is 1.46. The van der Waals surface area contributed by atoms with Crippen LogP contribution in [-0.2, 0) is 16.3 Å². The SMILES string of the molecule is Cc1cc(Cl)ccc1OCCCC(=O)OCn1nnc2ccccc2c1=O. The van der Waals surface area contributed by atoms with Crippen molar-refractivity contribution in [3.8, 4) is 5.75 Å². The molecule has 0 aliphatic heterocycles. The molecule has 0 saturated heterocycles. The number of benzene rings is 2. The van der Waals surface area contributed by atoms with E-state index >= 15 is 0 Å². The molecule has 0 bridgehead atoms. The minimum absolute atomic E-state index is 0.169. The summed E-state index contributed by atoms with van der Waals surface area (Å²) in [5.74, 6) is 0.291. The lowest BCUT2D eigenvalue weighted by atomic mass is 10.2. The molecule has 0 aliphatic carbocycles. The van der Waals surface area contributed by atoms with Crippen LogP contribution in [0, 0.1) is 6.92 Å². The van der Waals surface area contributed by atoms with Gasteiger partial charge >= 0.3 is 5.97 Å². The fraction of sp³-hybridized carbons (Fsp3) is 0.263. The Morgan fingerprint density at radius 3 is 2.85 bits per heavy atom. The quantitative estimate of drug-likeness (QED) is 0.457. The van der Waals surface area contributed by atoms with Gasteiger partial charge in [-0.2, -0.15) is 4.68 Å². The summed E-state index contributed by atoms with van der Waals surface area (Å²) in [6.45, 7) is 2.00. The highest BCUT2D eigenvalue weighted by molar-refractivity contribution is 6.30. The lowest BCUT2D eigenvalue weighted by Crippen LogP contribution is -2.26. The summed E-state index contributed by atoms with van der Waals surface area (Å²) in [5.41, 5.74) is 1.08. The Kier molecular flexibility index (Phi) is 6.03. The van der Waals surface area contributed by atoms with Crippen molar-refractivity contribution >= 4 is 28.5 Å². The molecule has 1 heterocycles. The third kappa shape index (κ3) is 4.83. The van der Waals surface area contributed by atoms with E-state index in [1.807, 2.05) is 13.0 Å². The number of carbonyl (C=O) groups excluding carboxylic acids is 1. The molecule has 1 aromatic heterocycles. The monoisotopic (exact) mass is 387 g/mol. The Labute approximate surface area is 160 Å². The van der Waals surface area contributed by atoms with Crippen LogP contribution in [0.25, 0.3) is 10.9 Å². The van der Waals surface area contributed by atoms with Gasteiger partial charge in [0.25, 0.3) is 5.56 Å². The van der Waals surface area contributed by atoms with Crippen LogP contribution in [0.5, 0.6) is 5.75 Å². The van der Waals surface area contributed by atoms with Crippen molar-refractivity contribution in [3.05, 3.63) is 63.4 Å². The molecule has 0 N–H and O–H groups in total. The number of fused-ring (bicyclic) bond motifs is 1. The highest BCUT2D eigenvalue weighted by atomic mass is 35.5.